The van der Waals surface area contributed by atoms with Crippen LogP contribution in [0.4, 0.5) is 11.6 Å². The van der Waals surface area contributed by atoms with Crippen molar-refractivity contribution in [1.29, 1.82) is 0 Å². The van der Waals surface area contributed by atoms with Crippen LogP contribution in [0.3, 0.4) is 0 Å². The van der Waals surface area contributed by atoms with Crippen LogP contribution in [0.15, 0.2) is 85.3 Å². The number of anilines is 2. The van der Waals surface area contributed by atoms with Gasteiger partial charge in [-0.1, -0.05) is 48.5 Å². The van der Waals surface area contributed by atoms with E-state index in [1.807, 2.05) is 72.8 Å². The maximum Gasteiger partial charge on any atom is 0.168 e. The van der Waals surface area contributed by atoms with Gasteiger partial charge in [0.25, 0.3) is 0 Å². The molecular weight excluding hydrogens is 350 g/mol. The van der Waals surface area contributed by atoms with E-state index in [9.17, 15) is 0 Å². The largest absolute Gasteiger partial charge is 0.323 e. The summed E-state index contributed by atoms with van der Waals surface area (Å²) in [5, 5.41) is 17.1. The summed E-state index contributed by atoms with van der Waals surface area (Å²) in [6, 6.07) is 23.6. The first kappa shape index (κ1) is 16.1. The van der Waals surface area contributed by atoms with Crippen LogP contribution in [0.5, 0.6) is 0 Å². The van der Waals surface area contributed by atoms with Crippen LogP contribution in [0, 0.1) is 0 Å². The zero-order valence-electron chi connectivity index (χ0n) is 14.8. The van der Waals surface area contributed by atoms with E-state index in [-0.39, 0.29) is 0 Å². The third kappa shape index (κ3) is 2.95. The molecule has 0 saturated heterocycles. The molecular formula is C21H15N7. The van der Waals surface area contributed by atoms with E-state index in [1.165, 1.54) is 6.33 Å². The molecule has 0 bridgehead atoms. The molecule has 0 aliphatic carbocycles. The first-order valence-corrected chi connectivity index (χ1v) is 8.79. The number of benzene rings is 2. The zero-order valence-corrected chi connectivity index (χ0v) is 14.8. The van der Waals surface area contributed by atoms with E-state index >= 15 is 0 Å². The SMILES string of the molecule is c1ccc(-c2ccc(Nc3ncnc4c3cnn4-c3ccccc3)nn2)cc1. The van der Waals surface area contributed by atoms with Crippen LogP contribution in [0.2, 0.25) is 0 Å². The predicted molar refractivity (Wildman–Crippen MR) is 107 cm³/mol. The molecule has 7 nitrogen and oxygen atoms in total. The summed E-state index contributed by atoms with van der Waals surface area (Å²) in [7, 11) is 0. The maximum atomic E-state index is 4.46. The summed E-state index contributed by atoms with van der Waals surface area (Å²) >= 11 is 0. The van der Waals surface area contributed by atoms with Gasteiger partial charge in [0, 0.05) is 5.56 Å². The van der Waals surface area contributed by atoms with Crippen molar-refractivity contribution >= 4 is 22.7 Å². The van der Waals surface area contributed by atoms with Crippen molar-refractivity contribution < 1.29 is 0 Å². The van der Waals surface area contributed by atoms with Gasteiger partial charge in [-0.25, -0.2) is 14.6 Å². The predicted octanol–water partition coefficient (Wildman–Crippen LogP) is 4.02. The van der Waals surface area contributed by atoms with Crippen molar-refractivity contribution in [3.8, 4) is 16.9 Å². The van der Waals surface area contributed by atoms with Crippen LogP contribution in [-0.4, -0.2) is 29.9 Å². The van der Waals surface area contributed by atoms with Crippen LogP contribution < -0.4 is 5.32 Å². The lowest BCUT2D eigenvalue weighted by molar-refractivity contribution is 0.895. The lowest BCUT2D eigenvalue weighted by atomic mass is 10.1. The summed E-state index contributed by atoms with van der Waals surface area (Å²) in [5.74, 6) is 1.24. The molecule has 1 N–H and O–H groups in total. The Balaban J connectivity index is 1.47. The van der Waals surface area contributed by atoms with Gasteiger partial charge in [0.15, 0.2) is 11.5 Å². The number of hydrogen-bond acceptors (Lipinski definition) is 6. The zero-order chi connectivity index (χ0) is 18.8. The standard InChI is InChI=1S/C21H15N7/c1-3-7-15(8-4-1)18-11-12-19(27-26-18)25-20-17-13-24-28(21(17)23-14-22-20)16-9-5-2-6-10-16/h1-14H,(H,22,23,25,27). The van der Waals surface area contributed by atoms with Crippen LogP contribution in [0.1, 0.15) is 0 Å². The second kappa shape index (κ2) is 6.88. The Hall–Kier alpha value is -4.13. The molecule has 0 aliphatic heterocycles. The van der Waals surface area contributed by atoms with Gasteiger partial charge in [0.2, 0.25) is 0 Å². The van der Waals surface area contributed by atoms with Crippen molar-refractivity contribution in [2.45, 2.75) is 0 Å². The molecule has 28 heavy (non-hydrogen) atoms. The van der Waals surface area contributed by atoms with Gasteiger partial charge in [-0.05, 0) is 24.3 Å². The van der Waals surface area contributed by atoms with Crippen LogP contribution >= 0.6 is 0 Å². The fraction of sp³-hybridized carbons (Fsp3) is 0. The Kier molecular flexibility index (Phi) is 3.95. The molecule has 5 aromatic rings. The van der Waals surface area contributed by atoms with Gasteiger partial charge in [0.05, 0.1) is 23.0 Å². The lowest BCUT2D eigenvalue weighted by Crippen LogP contribution is -2.01. The molecule has 2 aromatic carbocycles. The number of para-hydroxylation sites is 1. The van der Waals surface area contributed by atoms with Crippen LogP contribution in [-0.2, 0) is 0 Å². The summed E-state index contributed by atoms with van der Waals surface area (Å²) in [6.07, 6.45) is 3.26. The number of nitrogens with zero attached hydrogens (tertiary/aromatic N) is 6. The Morgan fingerprint density at radius 2 is 1.54 bits per heavy atom. The van der Waals surface area contributed by atoms with E-state index in [2.05, 4.69) is 30.6 Å². The van der Waals surface area contributed by atoms with Gasteiger partial charge in [0.1, 0.15) is 12.1 Å². The Labute approximate surface area is 160 Å². The number of aromatic nitrogens is 6. The normalized spacial score (nSPS) is 10.9. The molecule has 7 heteroatoms. The highest BCUT2D eigenvalue weighted by Gasteiger charge is 2.12. The van der Waals surface area contributed by atoms with Gasteiger partial charge >= 0.3 is 0 Å². The molecule has 0 unspecified atom stereocenters. The van der Waals surface area contributed by atoms with E-state index in [0.29, 0.717) is 11.6 Å². The molecule has 0 saturated carbocycles. The first-order valence-electron chi connectivity index (χ1n) is 8.79. The second-order valence-corrected chi connectivity index (χ2v) is 6.15. The third-order valence-corrected chi connectivity index (χ3v) is 4.35. The van der Waals surface area contributed by atoms with Crippen molar-refractivity contribution in [2.24, 2.45) is 0 Å². The Morgan fingerprint density at radius 3 is 2.29 bits per heavy atom. The van der Waals surface area contributed by atoms with E-state index in [1.54, 1.807) is 10.9 Å². The molecule has 0 fully saturated rings. The average molecular weight is 365 g/mol. The minimum absolute atomic E-state index is 0.604. The van der Waals surface area contributed by atoms with Crippen molar-refractivity contribution in [3.63, 3.8) is 0 Å². The van der Waals surface area contributed by atoms with Gasteiger partial charge in [-0.3, -0.25) is 0 Å². The minimum atomic E-state index is 0.604. The van der Waals surface area contributed by atoms with Gasteiger partial charge < -0.3 is 5.32 Å². The quantitative estimate of drug-likeness (QED) is 0.518. The monoisotopic (exact) mass is 365 g/mol. The number of nitrogens with one attached hydrogen (secondary N) is 1. The highest BCUT2D eigenvalue weighted by atomic mass is 15.3. The minimum Gasteiger partial charge on any atom is -0.323 e. The van der Waals surface area contributed by atoms with E-state index in [0.717, 1.165) is 28.0 Å². The average Bonchev–Trinajstić information content (AvgIpc) is 3.21. The molecule has 0 radical (unpaired) electrons. The molecule has 0 spiro atoms. The lowest BCUT2D eigenvalue weighted by Gasteiger charge is -2.06. The highest BCUT2D eigenvalue weighted by molar-refractivity contribution is 5.88. The molecule has 134 valence electrons. The summed E-state index contributed by atoms with van der Waals surface area (Å²) in [4.78, 5) is 8.73. The van der Waals surface area contributed by atoms with Crippen LogP contribution in [0.25, 0.3) is 28.0 Å². The number of hydrogen-bond donors (Lipinski definition) is 1. The molecule has 0 atom stereocenters. The second-order valence-electron chi connectivity index (χ2n) is 6.15. The molecule has 3 aromatic heterocycles. The van der Waals surface area contributed by atoms with Crippen molar-refractivity contribution in [1.82, 2.24) is 29.9 Å². The summed E-state index contributed by atoms with van der Waals surface area (Å²) in [6.45, 7) is 0. The molecule has 5 rings (SSSR count). The fourth-order valence-corrected chi connectivity index (χ4v) is 2.98. The Bertz CT molecular complexity index is 1220. The molecule has 0 amide bonds. The highest BCUT2D eigenvalue weighted by Crippen LogP contribution is 2.24. The first-order chi connectivity index (χ1) is 13.9. The van der Waals surface area contributed by atoms with Gasteiger partial charge in [-0.2, -0.15) is 5.10 Å². The summed E-state index contributed by atoms with van der Waals surface area (Å²) in [5.41, 5.74) is 3.50. The maximum absolute atomic E-state index is 4.46. The van der Waals surface area contributed by atoms with E-state index < -0.39 is 0 Å². The van der Waals surface area contributed by atoms with Crippen molar-refractivity contribution in [2.75, 3.05) is 5.32 Å². The van der Waals surface area contributed by atoms with E-state index in [4.69, 9.17) is 0 Å². The summed E-state index contributed by atoms with van der Waals surface area (Å²) < 4.78 is 1.78. The smallest absolute Gasteiger partial charge is 0.168 e. The third-order valence-electron chi connectivity index (χ3n) is 4.35. The molecule has 0 aliphatic rings. The van der Waals surface area contributed by atoms with Crippen molar-refractivity contribution in [3.05, 3.63) is 85.3 Å². The molecule has 3 heterocycles. The number of fused-ring (bicyclic) bond motifs is 1. The van der Waals surface area contributed by atoms with Gasteiger partial charge in [-0.15, -0.1) is 10.2 Å². The topological polar surface area (TPSA) is 81.4 Å². The Morgan fingerprint density at radius 1 is 0.750 bits per heavy atom. The fourth-order valence-electron chi connectivity index (χ4n) is 2.98. The number of rotatable bonds is 4.